The first-order chi connectivity index (χ1) is 3.39. The van der Waals surface area contributed by atoms with E-state index in [-0.39, 0.29) is 0 Å². The molecule has 0 saturated carbocycles. The van der Waals surface area contributed by atoms with Crippen molar-refractivity contribution >= 4 is 9.52 Å². The molecule has 0 spiro atoms. The van der Waals surface area contributed by atoms with E-state index in [4.69, 9.17) is 0 Å². The summed E-state index contributed by atoms with van der Waals surface area (Å²) < 4.78 is 0. The molecule has 0 aromatic heterocycles. The van der Waals surface area contributed by atoms with Gasteiger partial charge in [-0.05, 0) is 20.1 Å². The predicted molar refractivity (Wildman–Crippen MR) is 35.7 cm³/mol. The third kappa shape index (κ3) is 1.61. The fourth-order valence-corrected chi connectivity index (χ4v) is 2.93. The van der Waals surface area contributed by atoms with Crippen molar-refractivity contribution < 1.29 is 0 Å². The lowest BCUT2D eigenvalue weighted by Crippen LogP contribution is -2.27. The SMILES string of the molecule is CN1CC[SiH2]CC1. The van der Waals surface area contributed by atoms with Crippen LogP contribution in [-0.4, -0.2) is 34.6 Å². The number of nitrogens with zero attached hydrogens (tertiary/aromatic N) is 1. The molecule has 1 aliphatic heterocycles. The Hall–Kier alpha value is 0.177. The first-order valence-corrected chi connectivity index (χ1v) is 5.08. The quantitative estimate of drug-likeness (QED) is 0.400. The van der Waals surface area contributed by atoms with Gasteiger partial charge in [0, 0.05) is 9.52 Å². The zero-order valence-corrected chi connectivity index (χ0v) is 6.40. The highest BCUT2D eigenvalue weighted by atomic mass is 28.2. The smallest absolute Gasteiger partial charge is 0.0227 e. The molecule has 0 amide bonds. The van der Waals surface area contributed by atoms with Gasteiger partial charge in [0.25, 0.3) is 0 Å². The molecule has 0 aliphatic carbocycles. The van der Waals surface area contributed by atoms with Crippen LogP contribution in [0, 0.1) is 0 Å². The molecule has 1 rings (SSSR count). The molecule has 1 aliphatic rings. The lowest BCUT2D eigenvalue weighted by molar-refractivity contribution is 0.360. The average molecular weight is 115 g/mol. The van der Waals surface area contributed by atoms with E-state index < -0.39 is 0 Å². The Balaban J connectivity index is 2.12. The summed E-state index contributed by atoms with van der Waals surface area (Å²) in [6, 6.07) is 3.10. The zero-order chi connectivity index (χ0) is 5.11. The monoisotopic (exact) mass is 115 g/mol. The van der Waals surface area contributed by atoms with E-state index in [9.17, 15) is 0 Å². The van der Waals surface area contributed by atoms with Gasteiger partial charge in [0.1, 0.15) is 0 Å². The van der Waals surface area contributed by atoms with E-state index >= 15 is 0 Å². The summed E-state index contributed by atoms with van der Waals surface area (Å²) >= 11 is 0. The molecule has 1 fully saturated rings. The van der Waals surface area contributed by atoms with Crippen molar-refractivity contribution in [3.63, 3.8) is 0 Å². The first kappa shape index (κ1) is 5.32. The molecule has 0 aromatic rings. The van der Waals surface area contributed by atoms with Gasteiger partial charge < -0.3 is 4.90 Å². The average Bonchev–Trinajstić information content (AvgIpc) is 1.69. The van der Waals surface area contributed by atoms with E-state index in [0.29, 0.717) is 9.52 Å². The zero-order valence-electron chi connectivity index (χ0n) is 4.98. The van der Waals surface area contributed by atoms with Gasteiger partial charge in [-0.3, -0.25) is 0 Å². The maximum Gasteiger partial charge on any atom is 0.0227 e. The lowest BCUT2D eigenvalue weighted by atomic mass is 10.5. The van der Waals surface area contributed by atoms with Crippen LogP contribution in [0.4, 0.5) is 0 Å². The molecule has 7 heavy (non-hydrogen) atoms. The van der Waals surface area contributed by atoms with Crippen molar-refractivity contribution in [1.29, 1.82) is 0 Å². The number of hydrogen-bond acceptors (Lipinski definition) is 1. The van der Waals surface area contributed by atoms with Gasteiger partial charge in [0.2, 0.25) is 0 Å². The van der Waals surface area contributed by atoms with Crippen LogP contribution in [0.1, 0.15) is 0 Å². The molecule has 0 bridgehead atoms. The highest BCUT2D eigenvalue weighted by molar-refractivity contribution is 6.35. The summed E-state index contributed by atoms with van der Waals surface area (Å²) in [5, 5.41) is 0. The molecule has 0 N–H and O–H groups in total. The predicted octanol–water partition coefficient (Wildman–Crippen LogP) is -0.0628. The molecular formula is C5H13NSi. The van der Waals surface area contributed by atoms with Gasteiger partial charge in [-0.1, -0.05) is 12.1 Å². The van der Waals surface area contributed by atoms with Crippen LogP contribution in [0.3, 0.4) is 0 Å². The minimum atomic E-state index is 0.435. The topological polar surface area (TPSA) is 3.24 Å². The Labute approximate surface area is 47.5 Å². The molecular weight excluding hydrogens is 102 g/mol. The molecule has 1 nitrogen and oxygen atoms in total. The fourth-order valence-electron chi connectivity index (χ4n) is 1.05. The largest absolute Gasteiger partial charge is 0.307 e. The highest BCUT2D eigenvalue weighted by Crippen LogP contribution is 1.98. The van der Waals surface area contributed by atoms with E-state index in [1.165, 1.54) is 13.1 Å². The van der Waals surface area contributed by atoms with Crippen molar-refractivity contribution in [3.8, 4) is 0 Å². The molecule has 0 aromatic carbocycles. The summed E-state index contributed by atoms with van der Waals surface area (Å²) in [5.41, 5.74) is 0. The molecule has 0 atom stereocenters. The van der Waals surface area contributed by atoms with E-state index in [1.54, 1.807) is 12.1 Å². The van der Waals surface area contributed by atoms with Crippen molar-refractivity contribution in [2.75, 3.05) is 20.1 Å². The standard InChI is InChI=1S/C5H13NSi/c1-6-2-4-7-5-3-6/h2-5,7H2,1H3. The first-order valence-electron chi connectivity index (χ1n) is 3.08. The van der Waals surface area contributed by atoms with Crippen LogP contribution in [0.25, 0.3) is 0 Å². The molecule has 42 valence electrons. The van der Waals surface area contributed by atoms with Gasteiger partial charge in [-0.2, -0.15) is 0 Å². The Morgan fingerprint density at radius 2 is 1.86 bits per heavy atom. The number of hydrogen-bond donors (Lipinski definition) is 0. The van der Waals surface area contributed by atoms with Gasteiger partial charge in [-0.15, -0.1) is 0 Å². The normalized spacial score (nSPS) is 25.3. The van der Waals surface area contributed by atoms with E-state index in [2.05, 4.69) is 11.9 Å². The Bertz CT molecular complexity index is 50.0. The summed E-state index contributed by atoms with van der Waals surface area (Å²) in [4.78, 5) is 2.43. The second-order valence-electron chi connectivity index (χ2n) is 2.36. The molecule has 0 radical (unpaired) electrons. The maximum atomic E-state index is 2.43. The van der Waals surface area contributed by atoms with Crippen LogP contribution in [0.2, 0.25) is 12.1 Å². The number of rotatable bonds is 0. The molecule has 2 heteroatoms. The minimum absolute atomic E-state index is 0.435. The molecule has 1 heterocycles. The van der Waals surface area contributed by atoms with Crippen LogP contribution >= 0.6 is 0 Å². The maximum absolute atomic E-state index is 2.43. The second-order valence-corrected chi connectivity index (χ2v) is 4.49. The van der Waals surface area contributed by atoms with Gasteiger partial charge >= 0.3 is 0 Å². The van der Waals surface area contributed by atoms with Gasteiger partial charge in [-0.25, -0.2) is 0 Å². The third-order valence-corrected chi connectivity index (χ3v) is 3.21. The van der Waals surface area contributed by atoms with Crippen LogP contribution in [0.5, 0.6) is 0 Å². The summed E-state index contributed by atoms with van der Waals surface area (Å²) in [7, 11) is 2.65. The Morgan fingerprint density at radius 1 is 1.29 bits per heavy atom. The van der Waals surface area contributed by atoms with Crippen LogP contribution < -0.4 is 0 Å². The Kier molecular flexibility index (Phi) is 1.88. The van der Waals surface area contributed by atoms with Crippen molar-refractivity contribution in [3.05, 3.63) is 0 Å². The van der Waals surface area contributed by atoms with Gasteiger partial charge in [0.05, 0.1) is 0 Å². The summed E-state index contributed by atoms with van der Waals surface area (Å²) in [5.74, 6) is 0. The van der Waals surface area contributed by atoms with E-state index in [0.717, 1.165) is 0 Å². The van der Waals surface area contributed by atoms with E-state index in [1.807, 2.05) is 0 Å². The second kappa shape index (κ2) is 2.48. The fraction of sp³-hybridized carbons (Fsp3) is 1.00. The minimum Gasteiger partial charge on any atom is -0.307 e. The van der Waals surface area contributed by atoms with Crippen molar-refractivity contribution in [1.82, 2.24) is 4.90 Å². The lowest BCUT2D eigenvalue weighted by Gasteiger charge is -2.20. The molecule has 1 saturated heterocycles. The highest BCUT2D eigenvalue weighted by Gasteiger charge is 2.02. The van der Waals surface area contributed by atoms with Crippen LogP contribution in [0.15, 0.2) is 0 Å². The van der Waals surface area contributed by atoms with Crippen molar-refractivity contribution in [2.24, 2.45) is 0 Å². The third-order valence-electron chi connectivity index (χ3n) is 1.58. The summed E-state index contributed by atoms with van der Waals surface area (Å²) in [6.45, 7) is 2.76. The van der Waals surface area contributed by atoms with Gasteiger partial charge in [0.15, 0.2) is 0 Å². The Morgan fingerprint density at radius 3 is 2.14 bits per heavy atom. The van der Waals surface area contributed by atoms with Crippen molar-refractivity contribution in [2.45, 2.75) is 12.1 Å². The van der Waals surface area contributed by atoms with Crippen LogP contribution in [-0.2, 0) is 0 Å². The molecule has 0 unspecified atom stereocenters. The summed E-state index contributed by atoms with van der Waals surface area (Å²) in [6.07, 6.45) is 0.